The van der Waals surface area contributed by atoms with Crippen LogP contribution in [0.15, 0.2) is 42.5 Å². The molecule has 0 saturated heterocycles. The highest BCUT2D eigenvalue weighted by Crippen LogP contribution is 2.25. The molecule has 7 nitrogen and oxygen atoms in total. The molecule has 0 unspecified atom stereocenters. The highest BCUT2D eigenvalue weighted by atomic mass is 32.2. The summed E-state index contributed by atoms with van der Waals surface area (Å²) in [5.41, 5.74) is 2.98. The number of rotatable bonds is 8. The summed E-state index contributed by atoms with van der Waals surface area (Å²) >= 11 is 0. The van der Waals surface area contributed by atoms with Crippen molar-refractivity contribution in [2.24, 2.45) is 0 Å². The fourth-order valence-corrected chi connectivity index (χ4v) is 4.33. The van der Waals surface area contributed by atoms with Crippen LogP contribution >= 0.6 is 0 Å². The van der Waals surface area contributed by atoms with Gasteiger partial charge in [-0.3, -0.25) is 9.10 Å². The van der Waals surface area contributed by atoms with Crippen LogP contribution in [-0.2, 0) is 19.6 Å². The van der Waals surface area contributed by atoms with E-state index in [1.54, 1.807) is 63.2 Å². The lowest BCUT2D eigenvalue weighted by molar-refractivity contribution is -0.117. The van der Waals surface area contributed by atoms with Crippen molar-refractivity contribution in [3.8, 4) is 0 Å². The molecular formula is C22H28N2O5S. The second-order valence-corrected chi connectivity index (χ2v) is 8.92. The Labute approximate surface area is 178 Å². The minimum atomic E-state index is -3.70. The molecule has 30 heavy (non-hydrogen) atoms. The lowest BCUT2D eigenvalue weighted by atomic mass is 10.1. The first-order valence-electron chi connectivity index (χ1n) is 9.73. The van der Waals surface area contributed by atoms with E-state index in [2.05, 4.69) is 5.32 Å². The summed E-state index contributed by atoms with van der Waals surface area (Å²) in [7, 11) is -3.70. The molecule has 0 saturated carbocycles. The van der Waals surface area contributed by atoms with E-state index >= 15 is 0 Å². The smallest absolute Gasteiger partial charge is 0.338 e. The van der Waals surface area contributed by atoms with E-state index in [1.807, 2.05) is 6.92 Å². The fraction of sp³-hybridized carbons (Fsp3) is 0.364. The van der Waals surface area contributed by atoms with Crippen LogP contribution in [-0.4, -0.2) is 39.2 Å². The zero-order valence-corrected chi connectivity index (χ0v) is 18.7. The van der Waals surface area contributed by atoms with E-state index in [-0.39, 0.29) is 13.0 Å². The molecule has 1 amide bonds. The van der Waals surface area contributed by atoms with Crippen LogP contribution < -0.4 is 9.62 Å². The first-order valence-corrected chi connectivity index (χ1v) is 11.6. The molecule has 2 rings (SSSR count). The number of hydrogen-bond donors (Lipinski definition) is 1. The third-order valence-electron chi connectivity index (χ3n) is 4.61. The standard InChI is InChI=1S/C22H28N2O5S/c1-6-20(24(30(5,27)28)18-11-8-15(3)9-12-18)21(25)23-19-13-10-17(14-16(19)4)22(26)29-7-2/h8-14,20H,6-7H2,1-5H3,(H,23,25)/t20-/m0/s1. The van der Waals surface area contributed by atoms with Crippen LogP contribution in [0, 0.1) is 13.8 Å². The maximum absolute atomic E-state index is 13.0. The molecule has 0 aromatic heterocycles. The summed E-state index contributed by atoms with van der Waals surface area (Å²) < 4.78 is 31.2. The maximum Gasteiger partial charge on any atom is 0.338 e. The van der Waals surface area contributed by atoms with Crippen molar-refractivity contribution in [3.05, 3.63) is 59.2 Å². The van der Waals surface area contributed by atoms with Crippen molar-refractivity contribution in [3.63, 3.8) is 0 Å². The Morgan fingerprint density at radius 1 is 1.07 bits per heavy atom. The van der Waals surface area contributed by atoms with E-state index in [0.29, 0.717) is 22.5 Å². The molecule has 0 fully saturated rings. The monoisotopic (exact) mass is 432 g/mol. The molecule has 1 atom stereocenters. The number of nitrogens with one attached hydrogen (secondary N) is 1. The van der Waals surface area contributed by atoms with Crippen LogP contribution in [0.25, 0.3) is 0 Å². The van der Waals surface area contributed by atoms with Crippen molar-refractivity contribution >= 4 is 33.3 Å². The molecule has 0 radical (unpaired) electrons. The molecule has 2 aromatic carbocycles. The Balaban J connectivity index is 2.32. The number of esters is 1. The summed E-state index contributed by atoms with van der Waals surface area (Å²) in [5.74, 6) is -0.886. The third kappa shape index (κ3) is 5.60. The first-order chi connectivity index (χ1) is 14.1. The molecule has 0 aliphatic rings. The van der Waals surface area contributed by atoms with E-state index in [0.717, 1.165) is 16.1 Å². The van der Waals surface area contributed by atoms with E-state index in [1.165, 1.54) is 0 Å². The summed E-state index contributed by atoms with van der Waals surface area (Å²) in [5, 5.41) is 2.80. The summed E-state index contributed by atoms with van der Waals surface area (Å²) in [6.07, 6.45) is 1.37. The van der Waals surface area contributed by atoms with Crippen LogP contribution in [0.1, 0.15) is 41.8 Å². The Morgan fingerprint density at radius 2 is 1.70 bits per heavy atom. The zero-order chi connectivity index (χ0) is 22.5. The van der Waals surface area contributed by atoms with Crippen molar-refractivity contribution in [1.82, 2.24) is 0 Å². The lowest BCUT2D eigenvalue weighted by Gasteiger charge is -2.30. The Bertz CT molecular complexity index is 1020. The number of sulfonamides is 1. The third-order valence-corrected chi connectivity index (χ3v) is 5.79. The molecule has 0 spiro atoms. The number of carbonyl (C=O) groups is 2. The van der Waals surface area contributed by atoms with Crippen LogP contribution in [0.4, 0.5) is 11.4 Å². The van der Waals surface area contributed by atoms with Gasteiger partial charge in [-0.25, -0.2) is 13.2 Å². The largest absolute Gasteiger partial charge is 0.462 e. The van der Waals surface area contributed by atoms with Gasteiger partial charge in [0, 0.05) is 5.69 Å². The van der Waals surface area contributed by atoms with Gasteiger partial charge >= 0.3 is 5.97 Å². The van der Waals surface area contributed by atoms with Crippen LogP contribution in [0.5, 0.6) is 0 Å². The average Bonchev–Trinajstić information content (AvgIpc) is 2.67. The van der Waals surface area contributed by atoms with Crippen molar-refractivity contribution in [2.45, 2.75) is 40.2 Å². The van der Waals surface area contributed by atoms with Gasteiger partial charge in [-0.1, -0.05) is 24.6 Å². The average molecular weight is 433 g/mol. The van der Waals surface area contributed by atoms with E-state index in [9.17, 15) is 18.0 Å². The van der Waals surface area contributed by atoms with Gasteiger partial charge in [0.15, 0.2) is 0 Å². The molecule has 1 N–H and O–H groups in total. The fourth-order valence-electron chi connectivity index (χ4n) is 3.11. The Hall–Kier alpha value is -2.87. The predicted molar refractivity (Wildman–Crippen MR) is 118 cm³/mol. The highest BCUT2D eigenvalue weighted by molar-refractivity contribution is 7.92. The highest BCUT2D eigenvalue weighted by Gasteiger charge is 2.31. The summed E-state index contributed by atoms with van der Waals surface area (Å²) in [6, 6.07) is 10.9. The number of carbonyl (C=O) groups excluding carboxylic acids is 2. The van der Waals surface area contributed by atoms with E-state index in [4.69, 9.17) is 4.74 Å². The molecule has 162 valence electrons. The quantitative estimate of drug-likeness (QED) is 0.643. The minimum absolute atomic E-state index is 0.273. The first kappa shape index (κ1) is 23.4. The second kappa shape index (κ2) is 9.75. The number of ether oxygens (including phenoxy) is 1. The van der Waals surface area contributed by atoms with Gasteiger partial charge in [-0.2, -0.15) is 0 Å². The molecular weight excluding hydrogens is 404 g/mol. The van der Waals surface area contributed by atoms with Gasteiger partial charge in [0.25, 0.3) is 0 Å². The van der Waals surface area contributed by atoms with Crippen molar-refractivity contribution in [2.75, 3.05) is 22.5 Å². The van der Waals surface area contributed by atoms with Crippen molar-refractivity contribution < 1.29 is 22.7 Å². The molecule has 8 heteroatoms. The molecule has 0 aliphatic carbocycles. The minimum Gasteiger partial charge on any atom is -0.462 e. The second-order valence-electron chi connectivity index (χ2n) is 7.06. The topological polar surface area (TPSA) is 92.8 Å². The van der Waals surface area contributed by atoms with Gasteiger partial charge in [-0.15, -0.1) is 0 Å². The number of amides is 1. The predicted octanol–water partition coefficient (Wildman–Crippen LogP) is 3.66. The Morgan fingerprint density at radius 3 is 2.20 bits per heavy atom. The Kier molecular flexibility index (Phi) is 7.61. The normalized spacial score (nSPS) is 12.2. The SMILES string of the molecule is CCOC(=O)c1ccc(NC(=O)[C@H](CC)N(c2ccc(C)cc2)S(C)(=O)=O)c(C)c1. The lowest BCUT2D eigenvalue weighted by Crippen LogP contribution is -2.47. The zero-order valence-electron chi connectivity index (χ0n) is 17.9. The van der Waals surface area contributed by atoms with Gasteiger partial charge in [0.05, 0.1) is 24.1 Å². The van der Waals surface area contributed by atoms with E-state index < -0.39 is 27.9 Å². The van der Waals surface area contributed by atoms with Gasteiger partial charge in [0.2, 0.25) is 15.9 Å². The molecule has 0 heterocycles. The molecule has 2 aromatic rings. The van der Waals surface area contributed by atoms with Gasteiger partial charge in [0.1, 0.15) is 6.04 Å². The number of benzene rings is 2. The van der Waals surface area contributed by atoms with Crippen LogP contribution in [0.3, 0.4) is 0 Å². The maximum atomic E-state index is 13.0. The molecule has 0 bridgehead atoms. The van der Waals surface area contributed by atoms with Crippen molar-refractivity contribution in [1.29, 1.82) is 0 Å². The van der Waals surface area contributed by atoms with Gasteiger partial charge in [-0.05, 0) is 63.1 Å². The molecule has 0 aliphatic heterocycles. The number of hydrogen-bond acceptors (Lipinski definition) is 5. The van der Waals surface area contributed by atoms with Gasteiger partial charge < -0.3 is 10.1 Å². The summed E-state index contributed by atoms with van der Waals surface area (Å²) in [6.45, 7) is 7.42. The summed E-state index contributed by atoms with van der Waals surface area (Å²) in [4.78, 5) is 24.9. The number of anilines is 2. The van der Waals surface area contributed by atoms with Crippen LogP contribution in [0.2, 0.25) is 0 Å². The number of aryl methyl sites for hydroxylation is 2. The number of nitrogens with zero attached hydrogens (tertiary/aromatic N) is 1.